The smallest absolute Gasteiger partial charge is 0.255 e. The van der Waals surface area contributed by atoms with Gasteiger partial charge in [-0.05, 0) is 50.8 Å². The number of nitrogens with one attached hydrogen (secondary N) is 3. The van der Waals surface area contributed by atoms with Gasteiger partial charge in [-0.3, -0.25) is 19.7 Å². The van der Waals surface area contributed by atoms with Crippen LogP contribution in [0.15, 0.2) is 18.2 Å². The number of nitrogens with zero attached hydrogens (tertiary/aromatic N) is 1. The van der Waals surface area contributed by atoms with Gasteiger partial charge in [-0.2, -0.15) is 0 Å². The number of hydrogen-bond acceptors (Lipinski definition) is 6. The van der Waals surface area contributed by atoms with Crippen molar-refractivity contribution in [2.45, 2.75) is 50.7 Å². The highest BCUT2D eigenvalue weighted by Crippen LogP contribution is 2.32. The maximum atomic E-state index is 12.8. The summed E-state index contributed by atoms with van der Waals surface area (Å²) in [6.07, 6.45) is 6.22. The van der Waals surface area contributed by atoms with Gasteiger partial charge in [-0.15, -0.1) is 0 Å². The predicted octanol–water partition coefficient (Wildman–Crippen LogP) is 1.22. The Kier molecular flexibility index (Phi) is 6.64. The molecule has 30 heavy (non-hydrogen) atoms. The summed E-state index contributed by atoms with van der Waals surface area (Å²) in [7, 11) is 0. The third-order valence-electron chi connectivity index (χ3n) is 5.99. The number of piperidine rings is 2. The summed E-state index contributed by atoms with van der Waals surface area (Å²) in [4.78, 5) is 38.0. The average molecular weight is 413 g/mol. The van der Waals surface area contributed by atoms with Crippen molar-refractivity contribution in [1.82, 2.24) is 15.5 Å². The zero-order valence-corrected chi connectivity index (χ0v) is 17.1. The molecule has 2 atom stereocenters. The first kappa shape index (κ1) is 20.8. The van der Waals surface area contributed by atoms with Gasteiger partial charge in [0.2, 0.25) is 11.8 Å². The third kappa shape index (κ3) is 4.65. The normalized spacial score (nSPS) is 24.0. The molecule has 3 N–H and O–H groups in total. The molecule has 0 aliphatic carbocycles. The fourth-order valence-corrected chi connectivity index (χ4v) is 4.35. The van der Waals surface area contributed by atoms with Gasteiger partial charge in [-0.1, -0.05) is 6.07 Å². The van der Waals surface area contributed by atoms with E-state index in [4.69, 9.17) is 4.74 Å². The quantitative estimate of drug-likeness (QED) is 0.438. The van der Waals surface area contributed by atoms with Crippen molar-refractivity contribution in [2.24, 2.45) is 0 Å². The molecule has 1 aromatic carbocycles. The lowest BCUT2D eigenvalue weighted by Gasteiger charge is -2.29. The first-order chi connectivity index (χ1) is 14.6. The molecule has 8 nitrogen and oxygen atoms in total. The Balaban J connectivity index is 1.27. The van der Waals surface area contributed by atoms with Crippen LogP contribution in [0.3, 0.4) is 0 Å². The molecule has 2 fully saturated rings. The number of rotatable bonds is 8. The van der Waals surface area contributed by atoms with Crippen LogP contribution in [0.1, 0.15) is 48.0 Å². The van der Waals surface area contributed by atoms with Crippen molar-refractivity contribution in [2.75, 3.05) is 31.6 Å². The second-order valence-electron chi connectivity index (χ2n) is 8.02. The molecule has 0 aromatic heterocycles. The van der Waals surface area contributed by atoms with Gasteiger partial charge in [-0.25, -0.2) is 0 Å². The molecule has 3 amide bonds. The first-order valence-electron chi connectivity index (χ1n) is 10.8. The lowest BCUT2D eigenvalue weighted by molar-refractivity contribution is -0.136. The Morgan fingerprint density at radius 1 is 1.20 bits per heavy atom. The maximum Gasteiger partial charge on any atom is 0.255 e. The summed E-state index contributed by atoms with van der Waals surface area (Å²) >= 11 is 0. The summed E-state index contributed by atoms with van der Waals surface area (Å²) in [5.41, 5.74) is 2.40. The number of fused-ring (bicyclic) bond motifs is 1. The largest absolute Gasteiger partial charge is 0.382 e. The van der Waals surface area contributed by atoms with E-state index in [1.807, 2.05) is 12.1 Å². The summed E-state index contributed by atoms with van der Waals surface area (Å²) in [6, 6.07) is 5.51. The van der Waals surface area contributed by atoms with Crippen LogP contribution in [0.5, 0.6) is 0 Å². The van der Waals surface area contributed by atoms with Gasteiger partial charge >= 0.3 is 0 Å². The molecule has 1 radical (unpaired) electrons. The molecule has 0 bridgehead atoms. The second-order valence-corrected chi connectivity index (χ2v) is 8.02. The van der Waals surface area contributed by atoms with Gasteiger partial charge in [0.1, 0.15) is 6.04 Å². The maximum absolute atomic E-state index is 12.8. The minimum atomic E-state index is -0.593. The molecule has 161 valence electrons. The summed E-state index contributed by atoms with van der Waals surface area (Å²) < 4.78 is 5.76. The minimum absolute atomic E-state index is 0.156. The zero-order valence-electron chi connectivity index (χ0n) is 17.1. The highest BCUT2D eigenvalue weighted by Gasteiger charge is 2.39. The van der Waals surface area contributed by atoms with E-state index >= 15 is 0 Å². The van der Waals surface area contributed by atoms with E-state index in [9.17, 15) is 14.4 Å². The van der Waals surface area contributed by atoms with E-state index < -0.39 is 6.04 Å². The number of ether oxygens (including phenoxy) is 1. The third-order valence-corrected chi connectivity index (χ3v) is 5.99. The molecule has 0 saturated carbocycles. The van der Waals surface area contributed by atoms with Crippen LogP contribution >= 0.6 is 0 Å². The van der Waals surface area contributed by atoms with Crippen LogP contribution in [0.4, 0.5) is 5.69 Å². The molecule has 8 heteroatoms. The molecule has 2 unspecified atom stereocenters. The summed E-state index contributed by atoms with van der Waals surface area (Å²) in [5, 5.41) is 9.20. The second kappa shape index (κ2) is 9.57. The van der Waals surface area contributed by atoms with Gasteiger partial charge in [0.15, 0.2) is 0 Å². The topological polar surface area (TPSA) is 99.8 Å². The van der Waals surface area contributed by atoms with Crippen LogP contribution in [0, 0.1) is 6.42 Å². The Morgan fingerprint density at radius 2 is 2.10 bits per heavy atom. The Bertz CT molecular complexity index is 806. The molecular formula is C22H29N4O4. The van der Waals surface area contributed by atoms with E-state index in [-0.39, 0.29) is 24.1 Å². The van der Waals surface area contributed by atoms with Gasteiger partial charge in [0.05, 0.1) is 6.61 Å². The Morgan fingerprint density at radius 3 is 2.90 bits per heavy atom. The first-order valence-corrected chi connectivity index (χ1v) is 10.8. The number of hydrogen-bond donors (Lipinski definition) is 3. The molecule has 0 spiro atoms. The fourth-order valence-electron chi connectivity index (χ4n) is 4.35. The average Bonchev–Trinajstić information content (AvgIpc) is 3.08. The SMILES string of the molecule is O=C1CCC(N2Cc3c(NCCOCCC4C[CH]CCN4)cccc3C2=O)C(=O)N1. The van der Waals surface area contributed by atoms with Crippen LogP contribution in [-0.2, 0) is 20.9 Å². The predicted molar refractivity (Wildman–Crippen MR) is 112 cm³/mol. The van der Waals surface area contributed by atoms with E-state index in [1.54, 1.807) is 11.0 Å². The number of carbonyl (C=O) groups excluding carboxylic acids is 3. The van der Waals surface area contributed by atoms with Crippen LogP contribution in [0.25, 0.3) is 0 Å². The van der Waals surface area contributed by atoms with E-state index in [2.05, 4.69) is 22.4 Å². The van der Waals surface area contributed by atoms with Gasteiger partial charge in [0.25, 0.3) is 5.91 Å². The molecule has 1 aromatic rings. The fraction of sp³-hybridized carbons (Fsp3) is 0.545. The molecular weight excluding hydrogens is 384 g/mol. The van der Waals surface area contributed by atoms with E-state index in [0.717, 1.165) is 43.7 Å². The van der Waals surface area contributed by atoms with Crippen LogP contribution < -0.4 is 16.0 Å². The lowest BCUT2D eigenvalue weighted by atomic mass is 10.0. The number of carbonyl (C=O) groups is 3. The van der Waals surface area contributed by atoms with E-state index in [1.165, 1.54) is 0 Å². The van der Waals surface area contributed by atoms with Crippen molar-refractivity contribution < 1.29 is 19.1 Å². The molecule has 4 rings (SSSR count). The van der Waals surface area contributed by atoms with E-state index in [0.29, 0.717) is 37.7 Å². The standard InChI is InChI=1S/C22H29N4O4/c27-20-8-7-19(21(28)25-20)26-14-17-16(22(26)29)5-3-6-18(17)24-11-13-30-12-9-15-4-1-2-10-23-15/h1,3,5-6,15,19,23-24H,2,4,7-14H2,(H,25,27,28). The van der Waals surface area contributed by atoms with Crippen molar-refractivity contribution >= 4 is 23.4 Å². The van der Waals surface area contributed by atoms with Crippen molar-refractivity contribution in [3.63, 3.8) is 0 Å². The van der Waals surface area contributed by atoms with Gasteiger partial charge < -0.3 is 20.3 Å². The summed E-state index contributed by atoms with van der Waals surface area (Å²) in [5.74, 6) is -0.822. The van der Waals surface area contributed by atoms with Crippen molar-refractivity contribution in [1.29, 1.82) is 0 Å². The van der Waals surface area contributed by atoms with Crippen molar-refractivity contribution in [3.05, 3.63) is 35.7 Å². The zero-order chi connectivity index (χ0) is 20.9. The van der Waals surface area contributed by atoms with Crippen LogP contribution in [0.2, 0.25) is 0 Å². The Hall–Kier alpha value is -2.45. The highest BCUT2D eigenvalue weighted by atomic mass is 16.5. The Labute approximate surface area is 176 Å². The number of benzene rings is 1. The van der Waals surface area contributed by atoms with Crippen LogP contribution in [-0.4, -0.2) is 61.0 Å². The van der Waals surface area contributed by atoms with Gasteiger partial charge in [0, 0.05) is 49.0 Å². The monoisotopic (exact) mass is 413 g/mol. The highest BCUT2D eigenvalue weighted by molar-refractivity contribution is 6.06. The lowest BCUT2D eigenvalue weighted by Crippen LogP contribution is -2.52. The molecule has 3 aliphatic heterocycles. The molecule has 2 saturated heterocycles. The minimum Gasteiger partial charge on any atom is -0.382 e. The van der Waals surface area contributed by atoms with Crippen molar-refractivity contribution in [3.8, 4) is 0 Å². The molecule has 3 aliphatic rings. The number of anilines is 1. The summed E-state index contributed by atoms with van der Waals surface area (Å²) in [6.45, 7) is 3.38. The molecule has 3 heterocycles. The number of imide groups is 1. The number of amides is 3.